The van der Waals surface area contributed by atoms with Gasteiger partial charge in [0.2, 0.25) is 5.91 Å². The fourth-order valence-electron chi connectivity index (χ4n) is 4.84. The van der Waals surface area contributed by atoms with Crippen molar-refractivity contribution in [2.24, 2.45) is 5.92 Å². The average molecular weight is 570 g/mol. The minimum Gasteiger partial charge on any atom is -0.492 e. The molecule has 0 spiro atoms. The summed E-state index contributed by atoms with van der Waals surface area (Å²) in [7, 11) is 1.87. The van der Waals surface area contributed by atoms with Crippen LogP contribution < -0.4 is 20.9 Å². The Morgan fingerprint density at radius 3 is 2.71 bits per heavy atom. The van der Waals surface area contributed by atoms with Gasteiger partial charge in [-0.15, -0.1) is 0 Å². The van der Waals surface area contributed by atoms with Gasteiger partial charge in [0.1, 0.15) is 17.9 Å². The number of likely N-dealkylation sites (N-methyl/N-ethyl adjacent to an activating group) is 1. The third-order valence-electron chi connectivity index (χ3n) is 7.17. The van der Waals surface area contributed by atoms with E-state index >= 15 is 0 Å². The average Bonchev–Trinajstić information content (AvgIpc) is 3.24. The molecule has 13 heteroatoms. The lowest BCUT2D eigenvalue weighted by atomic mass is 9.96. The van der Waals surface area contributed by atoms with E-state index in [4.69, 9.17) is 20.3 Å². The van der Waals surface area contributed by atoms with Crippen LogP contribution in [0.2, 0.25) is 0 Å². The van der Waals surface area contributed by atoms with Gasteiger partial charge in [-0.05, 0) is 49.9 Å². The molecule has 1 aromatic carbocycles. The number of H-pyrrole nitrogens is 1. The molecule has 1 aliphatic rings. The van der Waals surface area contributed by atoms with Crippen molar-refractivity contribution in [2.75, 3.05) is 52.2 Å². The molecule has 13 nitrogen and oxygen atoms in total. The maximum atomic E-state index is 12.9. The maximum Gasteiger partial charge on any atom is 0.327 e. The van der Waals surface area contributed by atoms with Gasteiger partial charge in [0.05, 0.1) is 19.6 Å². The molecule has 0 atom stereocenters. The zero-order chi connectivity index (χ0) is 29.4. The van der Waals surface area contributed by atoms with Gasteiger partial charge in [0.25, 0.3) is 0 Å². The number of nitrogens with zero attached hydrogens (tertiary/aromatic N) is 5. The molecule has 222 valence electrons. The lowest BCUT2D eigenvalue weighted by molar-refractivity contribution is -0.136. The number of carboxylic acid groups (broad SMARTS) is 1. The van der Waals surface area contributed by atoms with E-state index in [-0.39, 0.29) is 42.3 Å². The van der Waals surface area contributed by atoms with Crippen LogP contribution in [0.15, 0.2) is 29.1 Å². The highest BCUT2D eigenvalue weighted by Crippen LogP contribution is 2.23. The van der Waals surface area contributed by atoms with E-state index in [0.717, 1.165) is 25.7 Å². The van der Waals surface area contributed by atoms with E-state index in [0.29, 0.717) is 61.9 Å². The monoisotopic (exact) mass is 569 g/mol. The van der Waals surface area contributed by atoms with Crippen molar-refractivity contribution < 1.29 is 24.2 Å². The molecular formula is C28H39N7O6. The lowest BCUT2D eigenvalue weighted by Gasteiger charge is -2.33. The lowest BCUT2D eigenvalue weighted by Crippen LogP contribution is -2.44. The van der Waals surface area contributed by atoms with Crippen molar-refractivity contribution in [1.82, 2.24) is 29.3 Å². The number of aliphatic carboxylic acids is 1. The number of nitrogen functional groups attached to an aromatic ring is 1. The second kappa shape index (κ2) is 14.0. The van der Waals surface area contributed by atoms with E-state index in [1.165, 1.54) is 0 Å². The van der Waals surface area contributed by atoms with Gasteiger partial charge in [0.15, 0.2) is 11.5 Å². The van der Waals surface area contributed by atoms with Crippen molar-refractivity contribution >= 4 is 28.9 Å². The number of aromatic nitrogens is 4. The van der Waals surface area contributed by atoms with Crippen molar-refractivity contribution in [3.63, 3.8) is 0 Å². The van der Waals surface area contributed by atoms with E-state index < -0.39 is 5.97 Å². The van der Waals surface area contributed by atoms with Gasteiger partial charge >= 0.3 is 17.7 Å². The Hall–Kier alpha value is -4.13. The molecule has 41 heavy (non-hydrogen) atoms. The normalized spacial score (nSPS) is 14.1. The summed E-state index contributed by atoms with van der Waals surface area (Å²) >= 11 is 0. The standard InChI is InChI=1S/C28H39N7O6/c1-3-4-13-41-27-31-25(29)24-26(32-27)35(28(39)30-24)17-19-8-10-34(11-9-19)22(36)18-33(2)12-14-40-21-7-5-6-20(15-21)16-23(37)38/h5-7,15,19H,3-4,8-14,16-18H2,1-2H3,(H,30,39)(H,37,38)(H2,29,31,32). The van der Waals surface area contributed by atoms with Gasteiger partial charge < -0.3 is 30.2 Å². The predicted molar refractivity (Wildman–Crippen MR) is 153 cm³/mol. The van der Waals surface area contributed by atoms with Gasteiger partial charge in [-0.25, -0.2) is 4.79 Å². The quantitative estimate of drug-likeness (QED) is 0.243. The third kappa shape index (κ3) is 8.19. The number of likely N-dealkylation sites (tertiary alicyclic amines) is 1. The fourth-order valence-corrected chi connectivity index (χ4v) is 4.84. The number of anilines is 1. The van der Waals surface area contributed by atoms with Crippen LogP contribution in [-0.2, 0) is 22.6 Å². The van der Waals surface area contributed by atoms with Gasteiger partial charge in [-0.2, -0.15) is 9.97 Å². The van der Waals surface area contributed by atoms with Crippen LogP contribution in [0.25, 0.3) is 11.2 Å². The minimum atomic E-state index is -0.891. The van der Waals surface area contributed by atoms with Gasteiger partial charge in [-0.1, -0.05) is 25.5 Å². The largest absolute Gasteiger partial charge is 0.492 e. The first kappa shape index (κ1) is 29.8. The van der Waals surface area contributed by atoms with Crippen LogP contribution in [0.1, 0.15) is 38.2 Å². The third-order valence-corrected chi connectivity index (χ3v) is 7.17. The molecule has 1 amide bonds. The number of rotatable bonds is 14. The number of piperidine rings is 1. The van der Waals surface area contributed by atoms with Crippen LogP contribution in [-0.4, -0.2) is 92.7 Å². The number of hydrogen-bond acceptors (Lipinski definition) is 9. The zero-order valence-corrected chi connectivity index (χ0v) is 23.7. The van der Waals surface area contributed by atoms with Crippen molar-refractivity contribution in [3.8, 4) is 11.8 Å². The second-order valence-electron chi connectivity index (χ2n) is 10.5. The highest BCUT2D eigenvalue weighted by atomic mass is 16.5. The SMILES string of the molecule is CCCCOc1nc(N)c2[nH]c(=O)n(CC3CCN(C(=O)CN(C)CCOc4cccc(CC(=O)O)c4)CC3)c2n1. The number of benzene rings is 1. The number of fused-ring (bicyclic) bond motifs is 1. The number of carbonyl (C=O) groups is 2. The summed E-state index contributed by atoms with van der Waals surface area (Å²) in [5.74, 6) is 0.151. The summed E-state index contributed by atoms with van der Waals surface area (Å²) in [6.07, 6.45) is 3.33. The van der Waals surface area contributed by atoms with Crippen LogP contribution in [0.3, 0.4) is 0 Å². The van der Waals surface area contributed by atoms with E-state index in [1.54, 1.807) is 28.8 Å². The van der Waals surface area contributed by atoms with E-state index in [9.17, 15) is 14.4 Å². The number of carboxylic acids is 1. The Morgan fingerprint density at radius 2 is 1.98 bits per heavy atom. The van der Waals surface area contributed by atoms with Crippen molar-refractivity contribution in [3.05, 3.63) is 40.3 Å². The minimum absolute atomic E-state index is 0.0491. The molecule has 3 heterocycles. The molecule has 1 aliphatic heterocycles. The topological polar surface area (TPSA) is 169 Å². The molecule has 3 aromatic rings. The number of hydrogen-bond donors (Lipinski definition) is 3. The molecule has 4 N–H and O–H groups in total. The molecule has 0 aliphatic carbocycles. The summed E-state index contributed by atoms with van der Waals surface area (Å²) in [6.45, 7) is 5.43. The van der Waals surface area contributed by atoms with Gasteiger partial charge in [0, 0.05) is 26.2 Å². The number of nitrogens with two attached hydrogens (primary N) is 1. The number of carbonyl (C=O) groups excluding carboxylic acids is 1. The highest BCUT2D eigenvalue weighted by molar-refractivity contribution is 5.82. The number of unbranched alkanes of at least 4 members (excludes halogenated alkanes) is 1. The van der Waals surface area contributed by atoms with Crippen LogP contribution in [0.4, 0.5) is 5.82 Å². The van der Waals surface area contributed by atoms with Crippen LogP contribution in [0, 0.1) is 5.92 Å². The Labute approximate surface area is 238 Å². The summed E-state index contributed by atoms with van der Waals surface area (Å²) in [5.41, 5.74) is 7.29. The predicted octanol–water partition coefficient (Wildman–Crippen LogP) is 1.76. The second-order valence-corrected chi connectivity index (χ2v) is 10.5. The molecule has 0 unspecified atom stereocenters. The molecule has 4 rings (SSSR count). The molecule has 0 radical (unpaired) electrons. The smallest absolute Gasteiger partial charge is 0.327 e. The first-order chi connectivity index (χ1) is 19.7. The van der Waals surface area contributed by atoms with Crippen molar-refractivity contribution in [1.29, 1.82) is 0 Å². The van der Waals surface area contributed by atoms with Gasteiger partial charge in [-0.3, -0.25) is 19.1 Å². The first-order valence-corrected chi connectivity index (χ1v) is 14.0. The number of aromatic amines is 1. The highest BCUT2D eigenvalue weighted by Gasteiger charge is 2.25. The molecular weight excluding hydrogens is 530 g/mol. The first-order valence-electron chi connectivity index (χ1n) is 14.0. The van der Waals surface area contributed by atoms with E-state index in [1.807, 2.05) is 16.8 Å². The molecule has 0 bridgehead atoms. The molecule has 1 saturated heterocycles. The van der Waals surface area contributed by atoms with Crippen LogP contribution >= 0.6 is 0 Å². The Bertz CT molecular complexity index is 1400. The summed E-state index contributed by atoms with van der Waals surface area (Å²) in [5, 5.41) is 8.96. The van der Waals surface area contributed by atoms with Crippen LogP contribution in [0.5, 0.6) is 11.8 Å². The fraction of sp³-hybridized carbons (Fsp3) is 0.536. The zero-order valence-electron chi connectivity index (χ0n) is 23.7. The number of nitrogens with one attached hydrogen (secondary N) is 1. The summed E-state index contributed by atoms with van der Waals surface area (Å²) < 4.78 is 13.0. The number of amides is 1. The van der Waals surface area contributed by atoms with Crippen molar-refractivity contribution in [2.45, 2.75) is 45.6 Å². The maximum absolute atomic E-state index is 12.9. The van der Waals surface area contributed by atoms with E-state index in [2.05, 4.69) is 21.9 Å². The Morgan fingerprint density at radius 1 is 1.20 bits per heavy atom. The summed E-state index contributed by atoms with van der Waals surface area (Å²) in [6, 6.07) is 7.18. The number of ether oxygens (including phenoxy) is 2. The number of imidazole rings is 1. The molecule has 1 fully saturated rings. The Kier molecular flexibility index (Phi) is 10.2. The Balaban J connectivity index is 1.24. The molecule has 0 saturated carbocycles. The summed E-state index contributed by atoms with van der Waals surface area (Å²) in [4.78, 5) is 51.7. The molecule has 2 aromatic heterocycles.